The van der Waals surface area contributed by atoms with Crippen molar-refractivity contribution in [1.29, 1.82) is 0 Å². The summed E-state index contributed by atoms with van der Waals surface area (Å²) in [6.45, 7) is 0. The monoisotopic (exact) mass is 381 g/mol. The van der Waals surface area contributed by atoms with E-state index >= 15 is 0 Å². The van der Waals surface area contributed by atoms with Gasteiger partial charge in [-0.05, 0) is 50.0 Å². The van der Waals surface area contributed by atoms with Gasteiger partial charge < -0.3 is 4.98 Å². The molecule has 0 saturated heterocycles. The summed E-state index contributed by atoms with van der Waals surface area (Å²) in [6, 6.07) is 28.7. The highest BCUT2D eigenvalue weighted by atomic mass is 14.7. The van der Waals surface area contributed by atoms with Crippen molar-refractivity contribution in [2.24, 2.45) is 0 Å². The maximum atomic E-state index is 3.63. The van der Waals surface area contributed by atoms with Crippen molar-refractivity contribution in [3.63, 3.8) is 0 Å². The number of nitrogens with one attached hydrogen (secondary N) is 1. The molecule has 1 heteroatoms. The van der Waals surface area contributed by atoms with Crippen LogP contribution in [-0.2, 0) is 6.42 Å². The van der Waals surface area contributed by atoms with Crippen molar-refractivity contribution < 1.29 is 0 Å². The van der Waals surface area contributed by atoms with Crippen LogP contribution in [0.1, 0.15) is 11.1 Å². The summed E-state index contributed by atoms with van der Waals surface area (Å²) >= 11 is 0. The van der Waals surface area contributed by atoms with Crippen LogP contribution in [0.25, 0.3) is 60.4 Å². The Morgan fingerprint density at radius 2 is 1.37 bits per heavy atom. The number of aromatic amines is 1. The first-order valence-electron chi connectivity index (χ1n) is 10.5. The van der Waals surface area contributed by atoms with Crippen LogP contribution in [0.4, 0.5) is 0 Å². The smallest absolute Gasteiger partial charge is 0.0546 e. The van der Waals surface area contributed by atoms with Crippen molar-refractivity contribution in [1.82, 2.24) is 4.98 Å². The second-order valence-corrected chi connectivity index (χ2v) is 8.19. The van der Waals surface area contributed by atoms with Gasteiger partial charge in [-0.1, -0.05) is 91.0 Å². The van der Waals surface area contributed by atoms with Crippen LogP contribution in [0.2, 0.25) is 0 Å². The molecule has 0 amide bonds. The Morgan fingerprint density at radius 3 is 2.23 bits per heavy atom. The Bertz CT molecular complexity index is 1660. The lowest BCUT2D eigenvalue weighted by molar-refractivity contribution is 1.29. The van der Waals surface area contributed by atoms with Gasteiger partial charge >= 0.3 is 0 Å². The van der Waals surface area contributed by atoms with Crippen molar-refractivity contribution in [2.45, 2.75) is 6.42 Å². The molecule has 5 aromatic carbocycles. The van der Waals surface area contributed by atoms with E-state index in [-0.39, 0.29) is 0 Å². The predicted molar refractivity (Wildman–Crippen MR) is 129 cm³/mol. The zero-order valence-electron chi connectivity index (χ0n) is 16.4. The van der Waals surface area contributed by atoms with Crippen LogP contribution in [0.3, 0.4) is 0 Å². The largest absolute Gasteiger partial charge is 0.360 e. The molecule has 0 bridgehead atoms. The van der Waals surface area contributed by atoms with Gasteiger partial charge in [0.2, 0.25) is 0 Å². The Labute approximate surface area is 174 Å². The molecule has 1 aliphatic carbocycles. The molecule has 0 spiro atoms. The molecule has 140 valence electrons. The van der Waals surface area contributed by atoms with Gasteiger partial charge in [0.25, 0.3) is 0 Å². The fourth-order valence-corrected chi connectivity index (χ4v) is 5.37. The zero-order chi connectivity index (χ0) is 19.7. The first kappa shape index (κ1) is 16.0. The summed E-state index contributed by atoms with van der Waals surface area (Å²) in [5.74, 6) is 0. The first-order chi connectivity index (χ1) is 14.9. The molecule has 1 heterocycles. The molecule has 6 aromatic rings. The van der Waals surface area contributed by atoms with Crippen LogP contribution in [-0.4, -0.2) is 4.98 Å². The van der Waals surface area contributed by atoms with Crippen LogP contribution >= 0.6 is 0 Å². The molecule has 30 heavy (non-hydrogen) atoms. The molecule has 7 rings (SSSR count). The van der Waals surface area contributed by atoms with Gasteiger partial charge in [-0.3, -0.25) is 0 Å². The van der Waals surface area contributed by atoms with Gasteiger partial charge in [-0.15, -0.1) is 0 Å². The number of allylic oxidation sites excluding steroid dienone is 1. The third kappa shape index (κ3) is 2.02. The quantitative estimate of drug-likeness (QED) is 0.279. The number of hydrogen-bond acceptors (Lipinski definition) is 0. The summed E-state index contributed by atoms with van der Waals surface area (Å²) < 4.78 is 0. The van der Waals surface area contributed by atoms with Gasteiger partial charge in [0, 0.05) is 22.5 Å². The molecule has 0 saturated carbocycles. The highest BCUT2D eigenvalue weighted by molar-refractivity contribution is 6.28. The molecular formula is C29H19N. The average molecular weight is 381 g/mol. The Morgan fingerprint density at radius 1 is 0.600 bits per heavy atom. The third-order valence-corrected chi connectivity index (χ3v) is 6.65. The fraction of sp³-hybridized carbons (Fsp3) is 0.0345. The van der Waals surface area contributed by atoms with Gasteiger partial charge in [0.1, 0.15) is 0 Å². The van der Waals surface area contributed by atoms with Crippen molar-refractivity contribution in [3.05, 3.63) is 102 Å². The van der Waals surface area contributed by atoms with E-state index in [9.17, 15) is 0 Å². The van der Waals surface area contributed by atoms with Crippen molar-refractivity contribution in [3.8, 4) is 11.1 Å². The van der Waals surface area contributed by atoms with Crippen molar-refractivity contribution >= 4 is 49.3 Å². The number of hydrogen-bond donors (Lipinski definition) is 1. The van der Waals surface area contributed by atoms with E-state index in [0.29, 0.717) is 0 Å². The maximum absolute atomic E-state index is 3.63. The van der Waals surface area contributed by atoms with Crippen LogP contribution in [0.15, 0.2) is 91.1 Å². The second kappa shape index (κ2) is 5.84. The molecule has 0 radical (unpaired) electrons. The molecule has 1 aliphatic rings. The molecular weight excluding hydrogens is 362 g/mol. The number of benzene rings is 5. The number of aromatic nitrogens is 1. The van der Waals surface area contributed by atoms with Crippen LogP contribution in [0, 0.1) is 0 Å². The molecule has 0 atom stereocenters. The SMILES string of the molecule is C1=Cc2c(-c3c[nH]c4c5ccccc5c5ccccc5c34)ccc3cccc(c23)C1. The van der Waals surface area contributed by atoms with E-state index in [2.05, 4.69) is 102 Å². The summed E-state index contributed by atoms with van der Waals surface area (Å²) in [4.78, 5) is 3.63. The van der Waals surface area contributed by atoms with Crippen LogP contribution < -0.4 is 0 Å². The van der Waals surface area contributed by atoms with E-state index in [1.54, 1.807) is 0 Å². The highest BCUT2D eigenvalue weighted by Gasteiger charge is 2.18. The van der Waals surface area contributed by atoms with E-state index in [1.807, 2.05) is 0 Å². The molecule has 0 aliphatic heterocycles. The Kier molecular flexibility index (Phi) is 3.12. The summed E-state index contributed by atoms with van der Waals surface area (Å²) in [6.07, 6.45) is 7.82. The molecule has 1 aromatic heterocycles. The van der Waals surface area contributed by atoms with Gasteiger partial charge in [0.15, 0.2) is 0 Å². The maximum Gasteiger partial charge on any atom is 0.0546 e. The number of fused-ring (bicyclic) bond motifs is 6. The topological polar surface area (TPSA) is 15.8 Å². The lowest BCUT2D eigenvalue weighted by Gasteiger charge is -2.17. The average Bonchev–Trinajstić information content (AvgIpc) is 3.25. The summed E-state index contributed by atoms with van der Waals surface area (Å²) in [7, 11) is 0. The van der Waals surface area contributed by atoms with Crippen LogP contribution in [0.5, 0.6) is 0 Å². The zero-order valence-corrected chi connectivity index (χ0v) is 16.4. The normalized spacial score (nSPS) is 13.1. The fourth-order valence-electron chi connectivity index (χ4n) is 5.37. The van der Waals surface area contributed by atoms with E-state index < -0.39 is 0 Å². The lowest BCUT2D eigenvalue weighted by atomic mass is 9.86. The second-order valence-electron chi connectivity index (χ2n) is 8.19. The standard InChI is InChI=1S/C29H19N/c1-3-12-24-20(10-1)21-11-2-4-13-25(21)29-28(24)26(17-30-29)22-16-15-19-8-5-7-18-9-6-14-23(22)27(18)19/h1-8,10-17,30H,9H2. The first-order valence-corrected chi connectivity index (χ1v) is 10.5. The summed E-state index contributed by atoms with van der Waals surface area (Å²) in [5.41, 5.74) is 6.57. The molecule has 0 fully saturated rings. The minimum absolute atomic E-state index is 1.01. The minimum atomic E-state index is 1.01. The van der Waals surface area contributed by atoms with Gasteiger partial charge in [-0.25, -0.2) is 0 Å². The predicted octanol–water partition coefficient (Wildman–Crippen LogP) is 7.86. The lowest BCUT2D eigenvalue weighted by Crippen LogP contribution is -1.95. The number of H-pyrrole nitrogens is 1. The molecule has 1 nitrogen and oxygen atoms in total. The van der Waals surface area contributed by atoms with Crippen molar-refractivity contribution in [2.75, 3.05) is 0 Å². The van der Waals surface area contributed by atoms with E-state index in [0.717, 1.165) is 6.42 Å². The minimum Gasteiger partial charge on any atom is -0.360 e. The molecule has 0 unspecified atom stereocenters. The Balaban J connectivity index is 1.68. The van der Waals surface area contributed by atoms with E-state index in [4.69, 9.17) is 0 Å². The Hall–Kier alpha value is -3.84. The van der Waals surface area contributed by atoms with Gasteiger partial charge in [0.05, 0.1) is 5.52 Å². The summed E-state index contributed by atoms with van der Waals surface area (Å²) in [5, 5.41) is 9.24. The van der Waals surface area contributed by atoms with Gasteiger partial charge in [-0.2, -0.15) is 0 Å². The van der Waals surface area contributed by atoms with E-state index in [1.165, 1.54) is 65.5 Å². The number of rotatable bonds is 1. The molecule has 1 N–H and O–H groups in total. The highest BCUT2D eigenvalue weighted by Crippen LogP contribution is 2.43. The third-order valence-electron chi connectivity index (χ3n) is 6.65.